The third kappa shape index (κ3) is 14.2. The monoisotopic (exact) mass is 678 g/mol. The van der Waals surface area contributed by atoms with E-state index in [9.17, 15) is 28.8 Å². The van der Waals surface area contributed by atoms with Gasteiger partial charge in [-0.05, 0) is 51.7 Å². The van der Waals surface area contributed by atoms with E-state index in [-0.39, 0.29) is 32.0 Å². The van der Waals surface area contributed by atoms with Gasteiger partial charge in [-0.3, -0.25) is 19.2 Å². The van der Waals surface area contributed by atoms with Crippen LogP contribution in [0.3, 0.4) is 0 Å². The summed E-state index contributed by atoms with van der Waals surface area (Å²) >= 11 is 0. The molecule has 0 aliphatic carbocycles. The molecule has 1 heterocycles. The van der Waals surface area contributed by atoms with Crippen LogP contribution >= 0.6 is 0 Å². The molecule has 2 aromatic carbocycles. The first kappa shape index (κ1) is 38.2. The van der Waals surface area contributed by atoms with Crippen LogP contribution in [0.25, 0.3) is 0 Å². The van der Waals surface area contributed by atoms with E-state index >= 15 is 0 Å². The van der Waals surface area contributed by atoms with Gasteiger partial charge in [0.1, 0.15) is 24.3 Å². The van der Waals surface area contributed by atoms with Crippen molar-refractivity contribution < 1.29 is 43.0 Å². The van der Waals surface area contributed by atoms with Crippen LogP contribution < -0.4 is 21.3 Å². The van der Waals surface area contributed by atoms with Gasteiger partial charge in [-0.25, -0.2) is 9.59 Å². The number of hydrogen-bond donors (Lipinski definition) is 4. The number of nitrogens with one attached hydrogen (secondary N) is 4. The van der Waals surface area contributed by atoms with Gasteiger partial charge in [0.15, 0.2) is 0 Å². The van der Waals surface area contributed by atoms with E-state index in [4.69, 9.17) is 14.2 Å². The molecule has 4 atom stereocenters. The lowest BCUT2D eigenvalue weighted by atomic mass is 9.97. The molecule has 13 nitrogen and oxygen atoms in total. The Morgan fingerprint density at radius 2 is 1.51 bits per heavy atom. The zero-order chi connectivity index (χ0) is 35.8. The molecule has 0 aromatic heterocycles. The fourth-order valence-electron chi connectivity index (χ4n) is 5.03. The minimum Gasteiger partial charge on any atom is -0.463 e. The van der Waals surface area contributed by atoms with Gasteiger partial charge in [0, 0.05) is 31.0 Å². The zero-order valence-corrected chi connectivity index (χ0v) is 28.4. The molecule has 1 aliphatic heterocycles. The van der Waals surface area contributed by atoms with E-state index in [0.717, 1.165) is 5.56 Å². The van der Waals surface area contributed by atoms with Crippen LogP contribution in [-0.4, -0.2) is 72.6 Å². The van der Waals surface area contributed by atoms with Gasteiger partial charge in [0.25, 0.3) is 0 Å². The van der Waals surface area contributed by atoms with Crippen molar-refractivity contribution in [3.8, 4) is 0 Å². The second-order valence-electron chi connectivity index (χ2n) is 12.5. The Kier molecular flexibility index (Phi) is 14.8. The number of ether oxygens (including phenoxy) is 3. The number of carbonyl (C=O) groups excluding carboxylic acids is 6. The number of carbonyl (C=O) groups is 6. The summed E-state index contributed by atoms with van der Waals surface area (Å²) in [5, 5.41) is 10.7. The molecule has 4 amide bonds. The van der Waals surface area contributed by atoms with Crippen LogP contribution in [0, 0.1) is 5.92 Å². The molecular weight excluding hydrogens is 632 g/mol. The summed E-state index contributed by atoms with van der Waals surface area (Å²) in [5.74, 6) is -3.36. The molecule has 0 bridgehead atoms. The lowest BCUT2D eigenvalue weighted by Gasteiger charge is -2.26. The third-order valence-electron chi connectivity index (χ3n) is 7.31. The van der Waals surface area contributed by atoms with E-state index in [0.29, 0.717) is 18.5 Å². The summed E-state index contributed by atoms with van der Waals surface area (Å²) in [5.41, 5.74) is 0.576. The highest BCUT2D eigenvalue weighted by atomic mass is 16.6. The zero-order valence-electron chi connectivity index (χ0n) is 28.4. The Morgan fingerprint density at radius 1 is 0.878 bits per heavy atom. The Morgan fingerprint density at radius 3 is 2.10 bits per heavy atom. The first-order chi connectivity index (χ1) is 23.3. The van der Waals surface area contributed by atoms with Gasteiger partial charge in [-0.2, -0.15) is 0 Å². The molecular formula is C36H46N4O9. The number of alkyl carbamates (subject to hydrolysis) is 1. The lowest BCUT2D eigenvalue weighted by molar-refractivity contribution is -0.156. The number of hydrogen-bond acceptors (Lipinski definition) is 9. The molecule has 4 unspecified atom stereocenters. The number of rotatable bonds is 16. The van der Waals surface area contributed by atoms with Crippen molar-refractivity contribution >= 4 is 35.8 Å². The smallest absolute Gasteiger partial charge is 0.408 e. The van der Waals surface area contributed by atoms with Crippen molar-refractivity contribution in [3.05, 3.63) is 83.9 Å². The maximum absolute atomic E-state index is 13.9. The van der Waals surface area contributed by atoms with Crippen molar-refractivity contribution in [1.82, 2.24) is 21.3 Å². The van der Waals surface area contributed by atoms with Gasteiger partial charge in [0.2, 0.25) is 17.7 Å². The molecule has 4 N–H and O–H groups in total. The quantitative estimate of drug-likeness (QED) is 0.118. The fraction of sp³-hybridized carbons (Fsp3) is 0.444. The van der Waals surface area contributed by atoms with E-state index in [2.05, 4.69) is 21.3 Å². The van der Waals surface area contributed by atoms with E-state index in [1.165, 1.54) is 12.2 Å². The van der Waals surface area contributed by atoms with Crippen molar-refractivity contribution in [2.24, 2.45) is 5.92 Å². The lowest BCUT2D eigenvalue weighted by Crippen LogP contribution is -2.56. The Labute approximate surface area is 286 Å². The molecule has 264 valence electrons. The largest absolute Gasteiger partial charge is 0.463 e. The van der Waals surface area contributed by atoms with Gasteiger partial charge in [-0.1, -0.05) is 66.7 Å². The van der Waals surface area contributed by atoms with Gasteiger partial charge >= 0.3 is 18.0 Å². The summed E-state index contributed by atoms with van der Waals surface area (Å²) in [6, 6.07) is 14.5. The highest BCUT2D eigenvalue weighted by Crippen LogP contribution is 2.18. The maximum atomic E-state index is 13.9. The maximum Gasteiger partial charge on any atom is 0.408 e. The summed E-state index contributed by atoms with van der Waals surface area (Å²) in [7, 11) is 0. The molecule has 2 aromatic rings. The van der Waals surface area contributed by atoms with Gasteiger partial charge in [-0.15, -0.1) is 0 Å². The molecule has 13 heteroatoms. The van der Waals surface area contributed by atoms with Gasteiger partial charge < -0.3 is 35.5 Å². The number of benzene rings is 2. The number of amides is 4. The molecule has 1 fully saturated rings. The van der Waals surface area contributed by atoms with Crippen molar-refractivity contribution in [3.63, 3.8) is 0 Å². The van der Waals surface area contributed by atoms with E-state index in [1.54, 1.807) is 76.2 Å². The molecule has 3 rings (SSSR count). The molecule has 49 heavy (non-hydrogen) atoms. The topological polar surface area (TPSA) is 178 Å². The average molecular weight is 679 g/mol. The van der Waals surface area contributed by atoms with Crippen LogP contribution in [0.1, 0.15) is 58.1 Å². The second-order valence-corrected chi connectivity index (χ2v) is 12.5. The Balaban J connectivity index is 1.83. The Hall–Kier alpha value is -5.20. The van der Waals surface area contributed by atoms with Crippen LogP contribution in [0.2, 0.25) is 0 Å². The normalized spacial score (nSPS) is 16.1. The molecule has 1 aliphatic rings. The highest BCUT2D eigenvalue weighted by molar-refractivity contribution is 5.94. The van der Waals surface area contributed by atoms with Crippen LogP contribution in [0.15, 0.2) is 72.8 Å². The summed E-state index contributed by atoms with van der Waals surface area (Å²) in [4.78, 5) is 77.6. The summed E-state index contributed by atoms with van der Waals surface area (Å²) in [6.07, 6.45) is 1.97. The van der Waals surface area contributed by atoms with Crippen molar-refractivity contribution in [2.75, 3.05) is 13.2 Å². The first-order valence-corrected chi connectivity index (χ1v) is 16.3. The minimum atomic E-state index is -1.45. The SMILES string of the molecule is CCOC(=O)C=CC(CC1CCNC1=O)NC(=O)C(Cc1ccccc1)NC(=O)C(CC(=O)OC(C)(C)C)NC(=O)OCc1ccccc1. The average Bonchev–Trinajstić information content (AvgIpc) is 3.45. The molecule has 1 saturated heterocycles. The summed E-state index contributed by atoms with van der Waals surface area (Å²) in [6.45, 7) is 7.26. The standard InChI is InChI=1S/C36H46N4O9/c1-5-47-30(41)17-16-27(21-26-18-19-37-32(26)43)38-33(44)28(20-24-12-8-6-9-13-24)39-34(45)29(22-31(42)49-36(2,3)4)40-35(46)48-23-25-14-10-7-11-15-25/h6-17,26-29H,5,18-23H2,1-4H3,(H,37,43)(H,38,44)(H,39,45)(H,40,46). The van der Waals surface area contributed by atoms with E-state index in [1.807, 2.05) is 12.1 Å². The van der Waals surface area contributed by atoms with Gasteiger partial charge in [0.05, 0.1) is 13.0 Å². The fourth-order valence-corrected chi connectivity index (χ4v) is 5.03. The highest BCUT2D eigenvalue weighted by Gasteiger charge is 2.33. The van der Waals surface area contributed by atoms with Crippen LogP contribution in [0.4, 0.5) is 4.79 Å². The second kappa shape index (κ2) is 19.0. The Bertz CT molecular complexity index is 1460. The molecule has 0 spiro atoms. The van der Waals surface area contributed by atoms with Crippen LogP contribution in [-0.2, 0) is 51.2 Å². The number of esters is 2. The molecule has 0 saturated carbocycles. The first-order valence-electron chi connectivity index (χ1n) is 16.3. The van der Waals surface area contributed by atoms with Crippen molar-refractivity contribution in [1.29, 1.82) is 0 Å². The van der Waals surface area contributed by atoms with E-state index < -0.39 is 65.9 Å². The third-order valence-corrected chi connectivity index (χ3v) is 7.31. The predicted octanol–water partition coefficient (Wildman–Crippen LogP) is 2.87. The predicted molar refractivity (Wildman–Crippen MR) is 180 cm³/mol. The van der Waals surface area contributed by atoms with Crippen LogP contribution in [0.5, 0.6) is 0 Å². The summed E-state index contributed by atoms with van der Waals surface area (Å²) < 4.78 is 15.7. The molecule has 0 radical (unpaired) electrons. The minimum absolute atomic E-state index is 0.0499. The van der Waals surface area contributed by atoms with Crippen molar-refractivity contribution in [2.45, 2.75) is 83.7 Å².